The largest absolute Gasteiger partial charge is 0.450 e. The van der Waals surface area contributed by atoms with E-state index in [1.54, 1.807) is 36.1 Å². The predicted octanol–water partition coefficient (Wildman–Crippen LogP) is 2.90. The van der Waals surface area contributed by atoms with Crippen molar-refractivity contribution in [3.63, 3.8) is 0 Å². The minimum absolute atomic E-state index is 0.0284. The van der Waals surface area contributed by atoms with Crippen LogP contribution in [0.2, 0.25) is 0 Å². The number of carbonyl (C=O) groups is 2. The van der Waals surface area contributed by atoms with Crippen LogP contribution in [0.25, 0.3) is 0 Å². The second-order valence-electron chi connectivity index (χ2n) is 5.52. The number of morpholine rings is 1. The summed E-state index contributed by atoms with van der Waals surface area (Å²) in [5.74, 6) is 0. The molecule has 23 heavy (non-hydrogen) atoms. The van der Waals surface area contributed by atoms with E-state index in [1.165, 1.54) is 0 Å². The van der Waals surface area contributed by atoms with Crippen molar-refractivity contribution in [3.8, 4) is 0 Å². The molecule has 3 amide bonds. The fourth-order valence-electron chi connectivity index (χ4n) is 2.47. The molecule has 0 saturated carbocycles. The van der Waals surface area contributed by atoms with E-state index in [1.807, 2.05) is 13.8 Å². The van der Waals surface area contributed by atoms with Gasteiger partial charge in [-0.05, 0) is 45.0 Å². The normalized spacial score (nSPS) is 20.7. The molecular weight excluding hydrogens is 298 g/mol. The molecule has 1 aliphatic rings. The lowest BCUT2D eigenvalue weighted by Gasteiger charge is -2.35. The van der Waals surface area contributed by atoms with Gasteiger partial charge in [-0.3, -0.25) is 5.32 Å². The predicted molar refractivity (Wildman–Crippen MR) is 87.7 cm³/mol. The number of nitrogens with zero attached hydrogens (tertiary/aromatic N) is 1. The van der Waals surface area contributed by atoms with E-state index < -0.39 is 6.09 Å². The summed E-state index contributed by atoms with van der Waals surface area (Å²) in [6.07, 6.45) is -0.443. The average Bonchev–Trinajstić information content (AvgIpc) is 2.48. The third-order valence-corrected chi connectivity index (χ3v) is 3.36. The first-order valence-electron chi connectivity index (χ1n) is 7.73. The van der Waals surface area contributed by atoms with Crippen LogP contribution in [0, 0.1) is 0 Å². The highest BCUT2D eigenvalue weighted by Crippen LogP contribution is 2.16. The highest BCUT2D eigenvalue weighted by atomic mass is 16.5. The summed E-state index contributed by atoms with van der Waals surface area (Å²) in [6.45, 7) is 7.09. The Balaban J connectivity index is 1.90. The van der Waals surface area contributed by atoms with Crippen molar-refractivity contribution in [2.24, 2.45) is 0 Å². The fourth-order valence-corrected chi connectivity index (χ4v) is 2.47. The van der Waals surface area contributed by atoms with E-state index in [0.717, 1.165) is 0 Å². The molecule has 7 heteroatoms. The van der Waals surface area contributed by atoms with Crippen LogP contribution in [0.4, 0.5) is 21.0 Å². The van der Waals surface area contributed by atoms with Crippen LogP contribution in [0.5, 0.6) is 0 Å². The standard InChI is InChI=1S/C16H23N3O4/c1-4-22-16(21)18-14-7-5-13(6-8-14)17-15(20)19-9-11(2)23-12(3)10-19/h5-8,11-12H,4,9-10H2,1-3H3,(H,17,20)(H,18,21)/t11-,12-/m1/s1. The van der Waals surface area contributed by atoms with Crippen LogP contribution >= 0.6 is 0 Å². The van der Waals surface area contributed by atoms with E-state index in [4.69, 9.17) is 9.47 Å². The molecule has 1 fully saturated rings. The molecule has 2 N–H and O–H groups in total. The molecule has 2 atom stereocenters. The van der Waals surface area contributed by atoms with Crippen LogP contribution in [0.1, 0.15) is 20.8 Å². The zero-order chi connectivity index (χ0) is 16.8. The lowest BCUT2D eigenvalue weighted by Crippen LogP contribution is -2.49. The monoisotopic (exact) mass is 321 g/mol. The number of nitrogens with one attached hydrogen (secondary N) is 2. The Labute approximate surface area is 135 Å². The van der Waals surface area contributed by atoms with E-state index in [2.05, 4.69) is 10.6 Å². The number of ether oxygens (including phenoxy) is 2. The maximum absolute atomic E-state index is 12.3. The van der Waals surface area contributed by atoms with Gasteiger partial charge in [0.2, 0.25) is 0 Å². The Kier molecular flexibility index (Phi) is 5.81. The SMILES string of the molecule is CCOC(=O)Nc1ccc(NC(=O)N2C[C@@H](C)O[C@H](C)C2)cc1. The molecule has 0 unspecified atom stereocenters. The maximum Gasteiger partial charge on any atom is 0.411 e. The number of anilines is 2. The molecule has 126 valence electrons. The summed E-state index contributed by atoms with van der Waals surface area (Å²) in [6, 6.07) is 6.71. The van der Waals surface area contributed by atoms with Gasteiger partial charge in [-0.25, -0.2) is 9.59 Å². The summed E-state index contributed by atoms with van der Waals surface area (Å²) < 4.78 is 10.4. The van der Waals surface area contributed by atoms with Crippen LogP contribution in [-0.4, -0.2) is 48.9 Å². The minimum Gasteiger partial charge on any atom is -0.450 e. The summed E-state index contributed by atoms with van der Waals surface area (Å²) in [4.78, 5) is 25.3. The molecule has 1 saturated heterocycles. The molecule has 2 rings (SSSR count). The molecule has 0 bridgehead atoms. The fraction of sp³-hybridized carbons (Fsp3) is 0.500. The molecule has 1 aliphatic heterocycles. The van der Waals surface area contributed by atoms with Crippen molar-refractivity contribution in [1.82, 2.24) is 4.90 Å². The number of rotatable bonds is 3. The highest BCUT2D eigenvalue weighted by Gasteiger charge is 2.25. The summed E-state index contributed by atoms with van der Waals surface area (Å²) >= 11 is 0. The van der Waals surface area contributed by atoms with Crippen molar-refractivity contribution in [2.45, 2.75) is 33.0 Å². The van der Waals surface area contributed by atoms with E-state index in [0.29, 0.717) is 31.1 Å². The van der Waals surface area contributed by atoms with Crippen LogP contribution < -0.4 is 10.6 Å². The zero-order valence-corrected chi connectivity index (χ0v) is 13.7. The Hall–Kier alpha value is -2.28. The molecule has 0 radical (unpaired) electrons. The summed E-state index contributed by atoms with van der Waals surface area (Å²) in [7, 11) is 0. The van der Waals surface area contributed by atoms with Crippen LogP contribution in [0.3, 0.4) is 0 Å². The third kappa shape index (κ3) is 5.14. The summed E-state index contributed by atoms with van der Waals surface area (Å²) in [5.41, 5.74) is 1.27. The second-order valence-corrected chi connectivity index (χ2v) is 5.52. The van der Waals surface area contributed by atoms with E-state index in [-0.39, 0.29) is 18.2 Å². The number of hydrogen-bond donors (Lipinski definition) is 2. The van der Waals surface area contributed by atoms with Crippen molar-refractivity contribution in [1.29, 1.82) is 0 Å². The molecule has 0 aromatic heterocycles. The molecule has 1 aromatic rings. The zero-order valence-electron chi connectivity index (χ0n) is 13.7. The highest BCUT2D eigenvalue weighted by molar-refractivity contribution is 5.90. The number of carbonyl (C=O) groups excluding carboxylic acids is 2. The molecular formula is C16H23N3O4. The van der Waals surface area contributed by atoms with Gasteiger partial charge in [0, 0.05) is 24.5 Å². The van der Waals surface area contributed by atoms with E-state index in [9.17, 15) is 9.59 Å². The Morgan fingerprint density at radius 3 is 2.17 bits per heavy atom. The van der Waals surface area contributed by atoms with Crippen LogP contribution in [0.15, 0.2) is 24.3 Å². The lowest BCUT2D eigenvalue weighted by molar-refractivity contribution is -0.0530. The van der Waals surface area contributed by atoms with Crippen molar-refractivity contribution >= 4 is 23.5 Å². The quantitative estimate of drug-likeness (QED) is 0.897. The lowest BCUT2D eigenvalue weighted by atomic mass is 10.2. The smallest absolute Gasteiger partial charge is 0.411 e. The van der Waals surface area contributed by atoms with Gasteiger partial charge in [0.15, 0.2) is 0 Å². The van der Waals surface area contributed by atoms with E-state index >= 15 is 0 Å². The topological polar surface area (TPSA) is 79.9 Å². The van der Waals surface area contributed by atoms with Gasteiger partial charge in [0.1, 0.15) is 0 Å². The van der Waals surface area contributed by atoms with Gasteiger partial charge >= 0.3 is 12.1 Å². The van der Waals surface area contributed by atoms with Crippen molar-refractivity contribution in [2.75, 3.05) is 30.3 Å². The maximum atomic E-state index is 12.3. The van der Waals surface area contributed by atoms with Gasteiger partial charge in [0.05, 0.1) is 18.8 Å². The summed E-state index contributed by atoms with van der Waals surface area (Å²) in [5, 5.41) is 5.44. The Morgan fingerprint density at radius 2 is 1.65 bits per heavy atom. The number of amides is 3. The second kappa shape index (κ2) is 7.82. The van der Waals surface area contributed by atoms with Gasteiger partial charge in [-0.2, -0.15) is 0 Å². The van der Waals surface area contributed by atoms with Crippen LogP contribution in [-0.2, 0) is 9.47 Å². The minimum atomic E-state index is -0.499. The number of hydrogen-bond acceptors (Lipinski definition) is 4. The first-order chi connectivity index (χ1) is 11.0. The molecule has 0 spiro atoms. The van der Waals surface area contributed by atoms with Crippen molar-refractivity contribution in [3.05, 3.63) is 24.3 Å². The first kappa shape index (κ1) is 17.1. The van der Waals surface area contributed by atoms with Gasteiger partial charge in [0.25, 0.3) is 0 Å². The molecule has 7 nitrogen and oxygen atoms in total. The molecule has 1 heterocycles. The van der Waals surface area contributed by atoms with Gasteiger partial charge in [-0.1, -0.05) is 0 Å². The Bertz CT molecular complexity index is 537. The Morgan fingerprint density at radius 1 is 1.13 bits per heavy atom. The number of urea groups is 1. The van der Waals surface area contributed by atoms with Crippen molar-refractivity contribution < 1.29 is 19.1 Å². The van der Waals surface area contributed by atoms with Gasteiger partial charge in [-0.15, -0.1) is 0 Å². The van der Waals surface area contributed by atoms with Gasteiger partial charge < -0.3 is 19.7 Å². The molecule has 0 aliphatic carbocycles. The first-order valence-corrected chi connectivity index (χ1v) is 7.73. The average molecular weight is 321 g/mol. The number of benzene rings is 1. The molecule has 1 aromatic carbocycles. The third-order valence-electron chi connectivity index (χ3n) is 3.36.